The second-order valence-corrected chi connectivity index (χ2v) is 5.67. The minimum absolute atomic E-state index is 0.323. The van der Waals surface area contributed by atoms with E-state index < -0.39 is 0 Å². The van der Waals surface area contributed by atoms with Crippen LogP contribution in [0.3, 0.4) is 0 Å². The first-order valence-corrected chi connectivity index (χ1v) is 6.73. The van der Waals surface area contributed by atoms with E-state index in [1.54, 1.807) is 0 Å². The van der Waals surface area contributed by atoms with Crippen LogP contribution in [-0.4, -0.2) is 29.9 Å². The Hall–Kier alpha value is -0.0700. The molecule has 0 rings (SSSR count). The molecule has 0 fully saturated rings. The van der Waals surface area contributed by atoms with E-state index in [1.807, 2.05) is 0 Å². The predicted octanol–water partition coefficient (Wildman–Crippen LogP) is 3.28. The smallest absolute Gasteiger partial charge is 0.0635 e. The topological polar surface area (TPSA) is 27.0 Å². The Morgan fingerprint density at radius 2 is 2.00 bits per heavy atom. The number of hydrogen-bond acceptors (Lipinski definition) is 2. The van der Waals surface area contributed by atoms with E-state index in [1.165, 1.54) is 0 Å². The summed E-state index contributed by atoms with van der Waals surface area (Å²) in [6.07, 6.45) is 0.632. The van der Waals surface area contributed by atoms with E-state index in [0.29, 0.717) is 17.8 Å². The lowest BCUT2D eigenvalue weighted by atomic mass is 9.82. The van der Waals surface area contributed by atoms with Gasteiger partial charge in [-0.05, 0) is 17.9 Å². The lowest BCUT2D eigenvalue weighted by molar-refractivity contribution is 0.173. The van der Waals surface area contributed by atoms with Crippen molar-refractivity contribution < 1.29 is 0 Å². The molecule has 0 aliphatic heterocycles. The first-order chi connectivity index (χ1) is 6.95. The molecule has 0 saturated carbocycles. The maximum Gasteiger partial charge on any atom is 0.0635 e. The van der Waals surface area contributed by atoms with Crippen LogP contribution in [0.1, 0.15) is 34.1 Å². The van der Waals surface area contributed by atoms with Gasteiger partial charge in [-0.3, -0.25) is 0 Å². The molecule has 0 aliphatic carbocycles. The molecule has 88 valence electrons. The van der Waals surface area contributed by atoms with E-state index in [2.05, 4.69) is 54.6 Å². The van der Waals surface area contributed by atoms with E-state index in [4.69, 9.17) is 5.26 Å². The monoisotopic (exact) mass is 274 g/mol. The van der Waals surface area contributed by atoms with Gasteiger partial charge in [0.15, 0.2) is 0 Å². The molecule has 0 heterocycles. The van der Waals surface area contributed by atoms with Crippen LogP contribution in [0.2, 0.25) is 0 Å². The Balaban J connectivity index is 4.19. The van der Waals surface area contributed by atoms with Gasteiger partial charge in [0.2, 0.25) is 0 Å². The van der Waals surface area contributed by atoms with Crippen LogP contribution in [-0.2, 0) is 0 Å². The van der Waals surface area contributed by atoms with Crippen molar-refractivity contribution in [2.45, 2.75) is 34.1 Å². The zero-order valence-electron chi connectivity index (χ0n) is 10.4. The second kappa shape index (κ2) is 7.24. The predicted molar refractivity (Wildman–Crippen MR) is 69.1 cm³/mol. The second-order valence-electron chi connectivity index (χ2n) is 5.02. The Kier molecular flexibility index (Phi) is 7.21. The molecule has 0 aromatic rings. The summed E-state index contributed by atoms with van der Waals surface area (Å²) >= 11 is 3.59. The molecule has 0 spiro atoms. The molecule has 1 unspecified atom stereocenters. The van der Waals surface area contributed by atoms with Crippen LogP contribution in [0.15, 0.2) is 0 Å². The number of nitrogens with zero attached hydrogens (tertiary/aromatic N) is 2. The molecular formula is C12H23BrN2. The Morgan fingerprint density at radius 1 is 1.40 bits per heavy atom. The first-order valence-electron chi connectivity index (χ1n) is 5.61. The summed E-state index contributed by atoms with van der Waals surface area (Å²) in [6.45, 7) is 12.0. The molecule has 0 aromatic heterocycles. The molecule has 0 saturated heterocycles. The van der Waals surface area contributed by atoms with Crippen molar-refractivity contribution in [1.82, 2.24) is 4.90 Å². The van der Waals surface area contributed by atoms with Crippen molar-refractivity contribution in [1.29, 1.82) is 5.26 Å². The van der Waals surface area contributed by atoms with Gasteiger partial charge in [0.1, 0.15) is 0 Å². The van der Waals surface area contributed by atoms with Crippen molar-refractivity contribution >= 4 is 15.9 Å². The standard InChI is InChI=1S/C12H23BrN2/c1-5-15(8-6-7-14)10-11(9-13)12(2,3)4/h11H,5-6,8-10H2,1-4H3. The van der Waals surface area contributed by atoms with Crippen LogP contribution < -0.4 is 0 Å². The van der Waals surface area contributed by atoms with Crippen molar-refractivity contribution in [3.63, 3.8) is 0 Å². The Morgan fingerprint density at radius 3 is 2.33 bits per heavy atom. The molecule has 3 heteroatoms. The summed E-state index contributed by atoms with van der Waals surface area (Å²) in [6, 6.07) is 2.21. The highest BCUT2D eigenvalue weighted by molar-refractivity contribution is 9.09. The summed E-state index contributed by atoms with van der Waals surface area (Å²) in [5, 5.41) is 9.60. The van der Waals surface area contributed by atoms with E-state index in [-0.39, 0.29) is 0 Å². The molecule has 15 heavy (non-hydrogen) atoms. The molecular weight excluding hydrogens is 252 g/mol. The zero-order chi connectivity index (χ0) is 11.9. The van der Waals surface area contributed by atoms with Gasteiger partial charge in [-0.25, -0.2) is 0 Å². The van der Waals surface area contributed by atoms with Gasteiger partial charge in [0, 0.05) is 24.8 Å². The average molecular weight is 275 g/mol. The van der Waals surface area contributed by atoms with Crippen molar-refractivity contribution in [3.8, 4) is 6.07 Å². The van der Waals surface area contributed by atoms with Crippen molar-refractivity contribution in [3.05, 3.63) is 0 Å². The number of halogens is 1. The average Bonchev–Trinajstić information content (AvgIpc) is 2.16. The van der Waals surface area contributed by atoms with Crippen LogP contribution >= 0.6 is 15.9 Å². The molecule has 0 radical (unpaired) electrons. The fourth-order valence-electron chi connectivity index (χ4n) is 1.45. The SMILES string of the molecule is CCN(CCC#N)CC(CBr)C(C)(C)C. The van der Waals surface area contributed by atoms with Crippen LogP contribution in [0, 0.1) is 22.7 Å². The van der Waals surface area contributed by atoms with Crippen LogP contribution in [0.4, 0.5) is 0 Å². The van der Waals surface area contributed by atoms with Crippen molar-refractivity contribution in [2.75, 3.05) is 25.0 Å². The Labute approximate surface area is 103 Å². The highest BCUT2D eigenvalue weighted by Gasteiger charge is 2.25. The molecule has 0 amide bonds. The van der Waals surface area contributed by atoms with Crippen LogP contribution in [0.5, 0.6) is 0 Å². The van der Waals surface area contributed by atoms with Gasteiger partial charge in [-0.1, -0.05) is 43.6 Å². The molecule has 0 aliphatic rings. The van der Waals surface area contributed by atoms with E-state index in [0.717, 1.165) is 25.0 Å². The van der Waals surface area contributed by atoms with E-state index in [9.17, 15) is 0 Å². The highest BCUT2D eigenvalue weighted by atomic mass is 79.9. The number of alkyl halides is 1. The highest BCUT2D eigenvalue weighted by Crippen LogP contribution is 2.28. The maximum atomic E-state index is 8.58. The van der Waals surface area contributed by atoms with Crippen LogP contribution in [0.25, 0.3) is 0 Å². The molecule has 2 nitrogen and oxygen atoms in total. The summed E-state index contributed by atoms with van der Waals surface area (Å²) in [7, 11) is 0. The maximum absolute atomic E-state index is 8.58. The van der Waals surface area contributed by atoms with Gasteiger partial charge in [-0.15, -0.1) is 0 Å². The minimum atomic E-state index is 0.323. The fourth-order valence-corrected chi connectivity index (χ4v) is 2.63. The lowest BCUT2D eigenvalue weighted by Gasteiger charge is -2.33. The summed E-state index contributed by atoms with van der Waals surface area (Å²) in [4.78, 5) is 2.36. The normalized spacial score (nSPS) is 13.9. The molecule has 0 aromatic carbocycles. The summed E-state index contributed by atoms with van der Waals surface area (Å²) in [5.41, 5.74) is 0.323. The molecule has 0 N–H and O–H groups in total. The summed E-state index contributed by atoms with van der Waals surface area (Å²) < 4.78 is 0. The molecule has 0 bridgehead atoms. The quantitative estimate of drug-likeness (QED) is 0.695. The van der Waals surface area contributed by atoms with Gasteiger partial charge in [0.25, 0.3) is 0 Å². The fraction of sp³-hybridized carbons (Fsp3) is 0.917. The van der Waals surface area contributed by atoms with Gasteiger partial charge in [-0.2, -0.15) is 5.26 Å². The molecule has 1 atom stereocenters. The van der Waals surface area contributed by atoms with E-state index >= 15 is 0 Å². The largest absolute Gasteiger partial charge is 0.302 e. The first kappa shape index (κ1) is 14.9. The Bertz CT molecular complexity index is 203. The third kappa shape index (κ3) is 6.17. The van der Waals surface area contributed by atoms with Gasteiger partial charge >= 0.3 is 0 Å². The summed E-state index contributed by atoms with van der Waals surface area (Å²) in [5.74, 6) is 0.635. The third-order valence-corrected chi connectivity index (χ3v) is 3.66. The van der Waals surface area contributed by atoms with Crippen molar-refractivity contribution in [2.24, 2.45) is 11.3 Å². The number of hydrogen-bond donors (Lipinski definition) is 0. The zero-order valence-corrected chi connectivity index (χ0v) is 12.0. The third-order valence-electron chi connectivity index (χ3n) is 2.88. The number of nitriles is 1. The minimum Gasteiger partial charge on any atom is -0.302 e. The lowest BCUT2D eigenvalue weighted by Crippen LogP contribution is -2.36. The van der Waals surface area contributed by atoms with Gasteiger partial charge in [0.05, 0.1) is 6.07 Å². The number of rotatable bonds is 6. The van der Waals surface area contributed by atoms with Gasteiger partial charge < -0.3 is 4.90 Å².